The van der Waals surface area contributed by atoms with Crippen LogP contribution >= 0.6 is 0 Å². The molecule has 13 heavy (non-hydrogen) atoms. The van der Waals surface area contributed by atoms with Crippen LogP contribution in [0.1, 0.15) is 24.1 Å². The summed E-state index contributed by atoms with van der Waals surface area (Å²) in [5, 5.41) is 0. The molecule has 0 bridgehead atoms. The molecule has 1 aliphatic carbocycles. The van der Waals surface area contributed by atoms with Gasteiger partial charge in [-0.1, -0.05) is 0 Å². The van der Waals surface area contributed by atoms with E-state index in [1.807, 2.05) is 0 Å². The van der Waals surface area contributed by atoms with Crippen LogP contribution in [0.5, 0.6) is 0 Å². The normalized spacial score (nSPS) is 21.5. The molecule has 1 heterocycles. The van der Waals surface area contributed by atoms with E-state index in [1.165, 1.54) is 31.4 Å². The van der Waals surface area contributed by atoms with Crippen LogP contribution in [0, 0.1) is 5.92 Å². The molecule has 0 saturated heterocycles. The van der Waals surface area contributed by atoms with E-state index in [1.54, 1.807) is 5.56 Å². The van der Waals surface area contributed by atoms with Gasteiger partial charge >= 0.3 is 0 Å². The molecule has 0 fully saturated rings. The van der Waals surface area contributed by atoms with Crippen LogP contribution in [-0.2, 0) is 19.9 Å². The summed E-state index contributed by atoms with van der Waals surface area (Å²) in [7, 11) is 2.14. The van der Waals surface area contributed by atoms with E-state index in [4.69, 9.17) is 5.73 Å². The molecule has 2 rings (SSSR count). The molecule has 0 aromatic carbocycles. The molecule has 0 aliphatic heterocycles. The van der Waals surface area contributed by atoms with E-state index in [0.717, 1.165) is 12.5 Å². The highest BCUT2D eigenvalue weighted by atomic mass is 14.9. The zero-order chi connectivity index (χ0) is 9.26. The van der Waals surface area contributed by atoms with Crippen molar-refractivity contribution in [3.63, 3.8) is 0 Å². The highest BCUT2D eigenvalue weighted by Crippen LogP contribution is 2.27. The fourth-order valence-electron chi connectivity index (χ4n) is 2.33. The predicted molar refractivity (Wildman–Crippen MR) is 54.6 cm³/mol. The van der Waals surface area contributed by atoms with Crippen molar-refractivity contribution in [2.24, 2.45) is 18.7 Å². The summed E-state index contributed by atoms with van der Waals surface area (Å²) in [4.78, 5) is 0. The Hall–Kier alpha value is -0.760. The van der Waals surface area contributed by atoms with Crippen LogP contribution in [-0.4, -0.2) is 11.1 Å². The average Bonchev–Trinajstić information content (AvgIpc) is 2.49. The maximum Gasteiger partial charge on any atom is 0.0206 e. The Morgan fingerprint density at radius 2 is 2.46 bits per heavy atom. The number of fused-ring (bicyclic) bond motifs is 1. The molecule has 1 aromatic heterocycles. The lowest BCUT2D eigenvalue weighted by atomic mass is 9.86. The summed E-state index contributed by atoms with van der Waals surface area (Å²) in [6, 6.07) is 2.26. The van der Waals surface area contributed by atoms with E-state index in [0.29, 0.717) is 0 Å². The third-order valence-corrected chi connectivity index (χ3v) is 3.17. The van der Waals surface area contributed by atoms with Gasteiger partial charge in [0.15, 0.2) is 0 Å². The summed E-state index contributed by atoms with van der Waals surface area (Å²) in [5.74, 6) is 0.825. The molecule has 1 unspecified atom stereocenters. The zero-order valence-corrected chi connectivity index (χ0v) is 8.29. The first-order chi connectivity index (χ1) is 6.31. The van der Waals surface area contributed by atoms with Crippen molar-refractivity contribution in [1.29, 1.82) is 0 Å². The van der Waals surface area contributed by atoms with Gasteiger partial charge in [0.1, 0.15) is 0 Å². The number of hydrogen-bond acceptors (Lipinski definition) is 1. The van der Waals surface area contributed by atoms with Gasteiger partial charge in [-0.3, -0.25) is 0 Å². The molecule has 2 N–H and O–H groups in total. The molecular weight excluding hydrogens is 160 g/mol. The summed E-state index contributed by atoms with van der Waals surface area (Å²) in [5.41, 5.74) is 8.67. The molecular formula is C11H18N2. The van der Waals surface area contributed by atoms with E-state index >= 15 is 0 Å². The lowest BCUT2D eigenvalue weighted by Crippen LogP contribution is -2.18. The smallest absolute Gasteiger partial charge is 0.0206 e. The molecule has 1 aromatic rings. The third kappa shape index (κ3) is 1.63. The lowest BCUT2D eigenvalue weighted by molar-refractivity contribution is 0.422. The molecule has 72 valence electrons. The van der Waals surface area contributed by atoms with E-state index in [9.17, 15) is 0 Å². The molecule has 0 radical (unpaired) electrons. The van der Waals surface area contributed by atoms with Crippen molar-refractivity contribution < 1.29 is 0 Å². The topological polar surface area (TPSA) is 30.9 Å². The number of nitrogens with zero attached hydrogens (tertiary/aromatic N) is 1. The maximum absolute atomic E-state index is 5.59. The second-order valence-electron chi connectivity index (χ2n) is 4.08. The second-order valence-corrected chi connectivity index (χ2v) is 4.08. The standard InChI is InChI=1S/C11H18N2/c1-13-7-5-10-3-2-9(4-6-12)8-11(10)13/h5,7,9H,2-4,6,8,12H2,1H3. The Labute approximate surface area is 79.7 Å². The van der Waals surface area contributed by atoms with Gasteiger partial charge in [-0.25, -0.2) is 0 Å². The van der Waals surface area contributed by atoms with Gasteiger partial charge in [-0.05, 0) is 49.8 Å². The molecule has 1 atom stereocenters. The van der Waals surface area contributed by atoms with Crippen LogP contribution in [0.25, 0.3) is 0 Å². The van der Waals surface area contributed by atoms with Crippen LogP contribution in [0.3, 0.4) is 0 Å². The minimum absolute atomic E-state index is 0.825. The van der Waals surface area contributed by atoms with Gasteiger partial charge in [0, 0.05) is 18.9 Å². The number of nitrogens with two attached hydrogens (primary N) is 1. The molecule has 1 aliphatic rings. The lowest BCUT2D eigenvalue weighted by Gasteiger charge is -2.22. The van der Waals surface area contributed by atoms with Gasteiger partial charge in [0.25, 0.3) is 0 Å². The van der Waals surface area contributed by atoms with Gasteiger partial charge in [-0.2, -0.15) is 0 Å². The van der Waals surface area contributed by atoms with Crippen molar-refractivity contribution in [2.75, 3.05) is 6.54 Å². The van der Waals surface area contributed by atoms with E-state index < -0.39 is 0 Å². The highest BCUT2D eigenvalue weighted by Gasteiger charge is 2.19. The van der Waals surface area contributed by atoms with Crippen molar-refractivity contribution in [3.8, 4) is 0 Å². The monoisotopic (exact) mass is 178 g/mol. The minimum Gasteiger partial charge on any atom is -0.354 e. The molecule has 0 amide bonds. The molecule has 0 spiro atoms. The Kier molecular flexibility index (Phi) is 2.40. The summed E-state index contributed by atoms with van der Waals surface area (Å²) >= 11 is 0. The summed E-state index contributed by atoms with van der Waals surface area (Å²) in [6.45, 7) is 0.838. The number of hydrogen-bond donors (Lipinski definition) is 1. The van der Waals surface area contributed by atoms with Crippen molar-refractivity contribution >= 4 is 0 Å². The zero-order valence-electron chi connectivity index (χ0n) is 8.29. The second kappa shape index (κ2) is 3.54. The SMILES string of the molecule is Cn1ccc2c1CC(CCN)CC2. The van der Waals surface area contributed by atoms with Gasteiger partial charge in [0.2, 0.25) is 0 Å². The Bertz CT molecular complexity index is 288. The Morgan fingerprint density at radius 1 is 1.62 bits per heavy atom. The first-order valence-electron chi connectivity index (χ1n) is 5.14. The van der Waals surface area contributed by atoms with Crippen LogP contribution in [0.15, 0.2) is 12.3 Å². The number of aromatic nitrogens is 1. The van der Waals surface area contributed by atoms with Gasteiger partial charge < -0.3 is 10.3 Å². The third-order valence-electron chi connectivity index (χ3n) is 3.17. The first kappa shape index (κ1) is 8.82. The van der Waals surface area contributed by atoms with Crippen LogP contribution < -0.4 is 5.73 Å². The molecule has 2 nitrogen and oxygen atoms in total. The van der Waals surface area contributed by atoms with E-state index in [2.05, 4.69) is 23.9 Å². The quantitative estimate of drug-likeness (QED) is 0.730. The summed E-state index contributed by atoms with van der Waals surface area (Å²) < 4.78 is 2.26. The highest BCUT2D eigenvalue weighted by molar-refractivity contribution is 5.25. The van der Waals surface area contributed by atoms with Crippen LogP contribution in [0.2, 0.25) is 0 Å². The Balaban J connectivity index is 2.13. The number of aryl methyl sites for hydroxylation is 2. The van der Waals surface area contributed by atoms with Crippen molar-refractivity contribution in [2.45, 2.75) is 25.7 Å². The first-order valence-corrected chi connectivity index (χ1v) is 5.14. The Morgan fingerprint density at radius 3 is 3.23 bits per heavy atom. The average molecular weight is 178 g/mol. The minimum atomic E-state index is 0.825. The molecule has 2 heteroatoms. The van der Waals surface area contributed by atoms with E-state index in [-0.39, 0.29) is 0 Å². The largest absolute Gasteiger partial charge is 0.354 e. The summed E-state index contributed by atoms with van der Waals surface area (Å²) in [6.07, 6.45) is 7.17. The fourth-order valence-corrected chi connectivity index (χ4v) is 2.33. The number of rotatable bonds is 2. The van der Waals surface area contributed by atoms with Gasteiger partial charge in [-0.15, -0.1) is 0 Å². The van der Waals surface area contributed by atoms with Crippen molar-refractivity contribution in [1.82, 2.24) is 4.57 Å². The fraction of sp³-hybridized carbons (Fsp3) is 0.636. The van der Waals surface area contributed by atoms with Crippen LogP contribution in [0.4, 0.5) is 0 Å². The predicted octanol–water partition coefficient (Wildman–Crippen LogP) is 1.48. The van der Waals surface area contributed by atoms with Crippen molar-refractivity contribution in [3.05, 3.63) is 23.5 Å². The van der Waals surface area contributed by atoms with Gasteiger partial charge in [0.05, 0.1) is 0 Å². The maximum atomic E-state index is 5.59. The molecule has 0 saturated carbocycles.